The molecule has 1 N–H and O–H groups in total. The van der Waals surface area contributed by atoms with E-state index < -0.39 is 0 Å². The predicted octanol–water partition coefficient (Wildman–Crippen LogP) is 0.390. The van der Waals surface area contributed by atoms with Crippen LogP contribution in [-0.2, 0) is 9.53 Å². The molecule has 0 spiro atoms. The number of amides is 1. The lowest BCUT2D eigenvalue weighted by Crippen LogP contribution is -2.54. The third-order valence-electron chi connectivity index (χ3n) is 2.87. The predicted molar refractivity (Wildman–Crippen MR) is 67.8 cm³/mol. The summed E-state index contributed by atoms with van der Waals surface area (Å²) in [6.45, 7) is 3.41. The van der Waals surface area contributed by atoms with Crippen molar-refractivity contribution in [2.75, 3.05) is 31.7 Å². The zero-order chi connectivity index (χ0) is 13.1. The largest absolute Gasteiger partial charge is 0.377 e. The molecule has 1 saturated heterocycles. The minimum Gasteiger partial charge on any atom is -0.377 e. The van der Waals surface area contributed by atoms with Crippen molar-refractivity contribution >= 4 is 23.3 Å². The number of carbonyl (C=O) groups excluding carboxylic acids is 1. The maximum atomic E-state index is 11.8. The molecule has 1 aliphatic rings. The second-order valence-corrected chi connectivity index (χ2v) is 4.38. The third kappa shape index (κ3) is 2.54. The Labute approximate surface area is 110 Å². The molecule has 18 heavy (non-hydrogen) atoms. The van der Waals surface area contributed by atoms with Crippen molar-refractivity contribution in [1.82, 2.24) is 15.3 Å². The van der Waals surface area contributed by atoms with Gasteiger partial charge in [-0.3, -0.25) is 4.79 Å². The van der Waals surface area contributed by atoms with Gasteiger partial charge < -0.3 is 15.0 Å². The molecule has 98 valence electrons. The fourth-order valence-corrected chi connectivity index (χ4v) is 2.07. The molecular formula is C11H15ClN4O2. The van der Waals surface area contributed by atoms with E-state index in [0.717, 1.165) is 5.56 Å². The molecule has 2 heterocycles. The van der Waals surface area contributed by atoms with Crippen molar-refractivity contribution in [3.8, 4) is 0 Å². The third-order valence-corrected chi connectivity index (χ3v) is 3.05. The Morgan fingerprint density at radius 2 is 2.44 bits per heavy atom. The summed E-state index contributed by atoms with van der Waals surface area (Å²) in [7, 11) is 1.61. The first kappa shape index (κ1) is 13.0. The summed E-state index contributed by atoms with van der Waals surface area (Å²) in [4.78, 5) is 21.9. The molecule has 0 aromatic carbocycles. The van der Waals surface area contributed by atoms with Gasteiger partial charge >= 0.3 is 0 Å². The van der Waals surface area contributed by atoms with E-state index in [1.54, 1.807) is 13.2 Å². The summed E-state index contributed by atoms with van der Waals surface area (Å²) < 4.78 is 5.35. The topological polar surface area (TPSA) is 67.3 Å². The van der Waals surface area contributed by atoms with Gasteiger partial charge in [-0.25, -0.2) is 9.97 Å². The molecule has 2 rings (SSSR count). The summed E-state index contributed by atoms with van der Waals surface area (Å²) in [5.41, 5.74) is 0.884. The highest BCUT2D eigenvalue weighted by atomic mass is 35.5. The van der Waals surface area contributed by atoms with Crippen molar-refractivity contribution in [3.05, 3.63) is 17.0 Å². The zero-order valence-electron chi connectivity index (χ0n) is 10.3. The number of nitrogens with zero attached hydrogens (tertiary/aromatic N) is 3. The average Bonchev–Trinajstić information content (AvgIpc) is 2.40. The second-order valence-electron chi connectivity index (χ2n) is 4.04. The Morgan fingerprint density at radius 3 is 3.17 bits per heavy atom. The van der Waals surface area contributed by atoms with E-state index in [1.807, 2.05) is 11.8 Å². The van der Waals surface area contributed by atoms with Crippen molar-refractivity contribution < 1.29 is 9.53 Å². The monoisotopic (exact) mass is 270 g/mol. The SMILES string of the molecule is CNC(=O)C1COCCN1c1nc(Cl)ncc1C. The first-order chi connectivity index (χ1) is 8.63. The Kier molecular flexibility index (Phi) is 3.98. The van der Waals surface area contributed by atoms with Crippen LogP contribution in [0.5, 0.6) is 0 Å². The lowest BCUT2D eigenvalue weighted by Gasteiger charge is -2.35. The Morgan fingerprint density at radius 1 is 1.67 bits per heavy atom. The number of nitrogens with one attached hydrogen (secondary N) is 1. The van der Waals surface area contributed by atoms with Gasteiger partial charge in [-0.2, -0.15) is 0 Å². The maximum Gasteiger partial charge on any atom is 0.244 e. The van der Waals surface area contributed by atoms with Gasteiger partial charge in [-0.05, 0) is 18.5 Å². The molecule has 1 aliphatic heterocycles. The molecule has 0 radical (unpaired) electrons. The van der Waals surface area contributed by atoms with Gasteiger partial charge in [0.05, 0.1) is 13.2 Å². The lowest BCUT2D eigenvalue weighted by atomic mass is 10.2. The number of carbonyl (C=O) groups is 1. The summed E-state index contributed by atoms with van der Waals surface area (Å²) in [6, 6.07) is -0.381. The number of hydrogen-bond donors (Lipinski definition) is 1. The van der Waals surface area contributed by atoms with Crippen LogP contribution in [0.25, 0.3) is 0 Å². The highest BCUT2D eigenvalue weighted by molar-refractivity contribution is 6.28. The number of anilines is 1. The van der Waals surface area contributed by atoms with Crippen LogP contribution in [0.4, 0.5) is 5.82 Å². The number of likely N-dealkylation sites (N-methyl/N-ethyl adjacent to an activating group) is 1. The fraction of sp³-hybridized carbons (Fsp3) is 0.545. The van der Waals surface area contributed by atoms with Crippen LogP contribution in [0.2, 0.25) is 5.28 Å². The van der Waals surface area contributed by atoms with Crippen molar-refractivity contribution in [2.24, 2.45) is 0 Å². The van der Waals surface area contributed by atoms with Crippen LogP contribution >= 0.6 is 11.6 Å². The number of ether oxygens (including phenoxy) is 1. The fourth-order valence-electron chi connectivity index (χ4n) is 1.94. The molecule has 0 saturated carbocycles. The molecule has 1 atom stereocenters. The zero-order valence-corrected chi connectivity index (χ0v) is 11.1. The van der Waals surface area contributed by atoms with E-state index in [-0.39, 0.29) is 17.2 Å². The van der Waals surface area contributed by atoms with Crippen LogP contribution in [0.3, 0.4) is 0 Å². The quantitative estimate of drug-likeness (QED) is 0.788. The summed E-state index contributed by atoms with van der Waals surface area (Å²) in [5, 5.41) is 2.81. The number of morpholine rings is 1. The van der Waals surface area contributed by atoms with E-state index in [1.165, 1.54) is 0 Å². The van der Waals surface area contributed by atoms with Gasteiger partial charge in [0, 0.05) is 25.4 Å². The van der Waals surface area contributed by atoms with Gasteiger partial charge in [-0.1, -0.05) is 0 Å². The van der Waals surface area contributed by atoms with Crippen molar-refractivity contribution in [2.45, 2.75) is 13.0 Å². The van der Waals surface area contributed by atoms with Gasteiger partial charge in [0.15, 0.2) is 0 Å². The van der Waals surface area contributed by atoms with Crippen LogP contribution in [0.15, 0.2) is 6.20 Å². The Hall–Kier alpha value is -1.40. The maximum absolute atomic E-state index is 11.8. The van der Waals surface area contributed by atoms with E-state index >= 15 is 0 Å². The van der Waals surface area contributed by atoms with E-state index in [0.29, 0.717) is 25.6 Å². The van der Waals surface area contributed by atoms with Gasteiger partial charge in [-0.15, -0.1) is 0 Å². The first-order valence-electron chi connectivity index (χ1n) is 5.68. The smallest absolute Gasteiger partial charge is 0.244 e. The van der Waals surface area contributed by atoms with E-state index in [9.17, 15) is 4.79 Å². The van der Waals surface area contributed by atoms with Crippen molar-refractivity contribution in [1.29, 1.82) is 0 Å². The van der Waals surface area contributed by atoms with Gasteiger partial charge in [0.2, 0.25) is 11.2 Å². The number of rotatable bonds is 2. The molecule has 7 heteroatoms. The van der Waals surface area contributed by atoms with Crippen LogP contribution in [-0.4, -0.2) is 48.7 Å². The number of halogens is 1. The van der Waals surface area contributed by atoms with Gasteiger partial charge in [0.1, 0.15) is 11.9 Å². The highest BCUT2D eigenvalue weighted by Gasteiger charge is 2.30. The molecule has 0 aliphatic carbocycles. The summed E-state index contributed by atoms with van der Waals surface area (Å²) in [5.74, 6) is 0.593. The molecule has 1 unspecified atom stereocenters. The van der Waals surface area contributed by atoms with Gasteiger partial charge in [0.25, 0.3) is 0 Å². The molecule has 1 amide bonds. The molecule has 6 nitrogen and oxygen atoms in total. The van der Waals surface area contributed by atoms with E-state index in [2.05, 4.69) is 15.3 Å². The number of hydrogen-bond acceptors (Lipinski definition) is 5. The minimum atomic E-state index is -0.381. The molecule has 1 fully saturated rings. The molecule has 1 aromatic rings. The highest BCUT2D eigenvalue weighted by Crippen LogP contribution is 2.22. The summed E-state index contributed by atoms with van der Waals surface area (Å²) >= 11 is 5.82. The first-order valence-corrected chi connectivity index (χ1v) is 6.06. The lowest BCUT2D eigenvalue weighted by molar-refractivity contribution is -0.124. The minimum absolute atomic E-state index is 0.0937. The second kappa shape index (κ2) is 5.49. The molecular weight excluding hydrogens is 256 g/mol. The van der Waals surface area contributed by atoms with Crippen molar-refractivity contribution in [3.63, 3.8) is 0 Å². The summed E-state index contributed by atoms with van der Waals surface area (Å²) in [6.07, 6.45) is 1.65. The average molecular weight is 271 g/mol. The standard InChI is InChI=1S/C11H15ClN4O2/c1-7-5-14-11(12)15-9(7)16-3-4-18-6-8(16)10(17)13-2/h5,8H,3-4,6H2,1-2H3,(H,13,17). The number of aromatic nitrogens is 2. The molecule has 0 bridgehead atoms. The Balaban J connectivity index is 2.33. The normalized spacial score (nSPS) is 19.7. The Bertz CT molecular complexity index is 455. The van der Waals surface area contributed by atoms with Crippen LogP contribution in [0, 0.1) is 6.92 Å². The number of aryl methyl sites for hydroxylation is 1. The molecule has 1 aromatic heterocycles. The van der Waals surface area contributed by atoms with Crippen LogP contribution < -0.4 is 10.2 Å². The van der Waals surface area contributed by atoms with E-state index in [4.69, 9.17) is 16.3 Å². The van der Waals surface area contributed by atoms with Crippen LogP contribution in [0.1, 0.15) is 5.56 Å².